The molecule has 0 aliphatic heterocycles. The number of carboxylic acids is 1. The number of anilines is 1. The number of aliphatic carboxylic acids is 1. The van der Waals surface area contributed by atoms with Crippen molar-refractivity contribution in [2.75, 3.05) is 5.32 Å². The molecule has 1 aliphatic carbocycles. The molecule has 0 aromatic heterocycles. The number of hydrogen-bond acceptors (Lipinski definition) is 2. The fourth-order valence-electron chi connectivity index (χ4n) is 2.91. The van der Waals surface area contributed by atoms with Gasteiger partial charge in [-0.2, -0.15) is 0 Å². The fourth-order valence-corrected chi connectivity index (χ4v) is 2.91. The summed E-state index contributed by atoms with van der Waals surface area (Å²) in [5.74, 6) is -0.683. The fraction of sp³-hybridized carbons (Fsp3) is 0.533. The molecule has 2 N–H and O–H groups in total. The predicted molar refractivity (Wildman–Crippen MR) is 72.6 cm³/mol. The first-order chi connectivity index (χ1) is 9.05. The molecule has 0 spiro atoms. The van der Waals surface area contributed by atoms with Crippen molar-refractivity contribution < 1.29 is 14.3 Å². The van der Waals surface area contributed by atoms with Crippen LogP contribution in [0.4, 0.5) is 10.1 Å². The summed E-state index contributed by atoms with van der Waals surface area (Å²) in [6, 6.07) is 5.88. The Morgan fingerprint density at radius 3 is 2.74 bits per heavy atom. The summed E-state index contributed by atoms with van der Waals surface area (Å²) in [6.45, 7) is 2.10. The molecule has 0 heterocycles. The van der Waals surface area contributed by atoms with Gasteiger partial charge in [-0.3, -0.25) is 0 Å². The van der Waals surface area contributed by atoms with Gasteiger partial charge in [0.15, 0.2) is 0 Å². The predicted octanol–water partition coefficient (Wildman–Crippen LogP) is 3.66. The van der Waals surface area contributed by atoms with Crippen LogP contribution >= 0.6 is 0 Å². The van der Waals surface area contributed by atoms with Gasteiger partial charge in [0.25, 0.3) is 0 Å². The van der Waals surface area contributed by atoms with Gasteiger partial charge in [0.1, 0.15) is 11.4 Å². The molecular weight excluding hydrogens is 245 g/mol. The Morgan fingerprint density at radius 1 is 1.47 bits per heavy atom. The molecule has 1 aromatic carbocycles. The maximum absolute atomic E-state index is 12.9. The number of carbonyl (C=O) groups is 1. The number of carboxylic acid groups (broad SMARTS) is 1. The van der Waals surface area contributed by atoms with Gasteiger partial charge in [-0.25, -0.2) is 9.18 Å². The lowest BCUT2D eigenvalue weighted by Gasteiger charge is -2.38. The SMILES string of the molecule is CCC1CCCC(Nc2ccc(F)cc2)(C(=O)O)C1. The molecule has 2 atom stereocenters. The highest BCUT2D eigenvalue weighted by molar-refractivity contribution is 5.83. The quantitative estimate of drug-likeness (QED) is 0.873. The van der Waals surface area contributed by atoms with E-state index in [1.807, 2.05) is 0 Å². The van der Waals surface area contributed by atoms with Gasteiger partial charge in [-0.1, -0.05) is 26.2 Å². The van der Waals surface area contributed by atoms with Gasteiger partial charge in [0.2, 0.25) is 0 Å². The molecule has 104 valence electrons. The Balaban J connectivity index is 2.19. The Bertz CT molecular complexity index is 446. The van der Waals surface area contributed by atoms with Gasteiger partial charge in [-0.15, -0.1) is 0 Å². The molecule has 4 heteroatoms. The molecule has 2 rings (SSSR count). The normalized spacial score (nSPS) is 26.9. The first kappa shape index (κ1) is 13.8. The average molecular weight is 265 g/mol. The first-order valence-electron chi connectivity index (χ1n) is 6.83. The van der Waals surface area contributed by atoms with Gasteiger partial charge in [0, 0.05) is 5.69 Å². The van der Waals surface area contributed by atoms with Crippen molar-refractivity contribution in [1.29, 1.82) is 0 Å². The van der Waals surface area contributed by atoms with Gasteiger partial charge in [-0.05, 0) is 43.0 Å². The van der Waals surface area contributed by atoms with Gasteiger partial charge >= 0.3 is 5.97 Å². The number of hydrogen-bond donors (Lipinski definition) is 2. The molecule has 1 saturated carbocycles. The number of rotatable bonds is 4. The second kappa shape index (κ2) is 5.59. The van der Waals surface area contributed by atoms with Crippen LogP contribution in [0.25, 0.3) is 0 Å². The summed E-state index contributed by atoms with van der Waals surface area (Å²) in [6.07, 6.45) is 4.27. The Morgan fingerprint density at radius 2 is 2.16 bits per heavy atom. The minimum Gasteiger partial charge on any atom is -0.480 e. The number of benzene rings is 1. The van der Waals surface area contributed by atoms with E-state index in [0.717, 1.165) is 19.3 Å². The highest BCUT2D eigenvalue weighted by atomic mass is 19.1. The second-order valence-electron chi connectivity index (χ2n) is 5.39. The van der Waals surface area contributed by atoms with E-state index in [1.165, 1.54) is 12.1 Å². The van der Waals surface area contributed by atoms with Crippen LogP contribution in [0.5, 0.6) is 0 Å². The summed E-state index contributed by atoms with van der Waals surface area (Å²) in [7, 11) is 0. The minimum absolute atomic E-state index is 0.315. The molecule has 2 unspecified atom stereocenters. The van der Waals surface area contributed by atoms with Gasteiger partial charge < -0.3 is 10.4 Å². The zero-order valence-electron chi connectivity index (χ0n) is 11.2. The molecule has 0 amide bonds. The lowest BCUT2D eigenvalue weighted by molar-refractivity contribution is -0.144. The maximum atomic E-state index is 12.9. The summed E-state index contributed by atoms with van der Waals surface area (Å²) >= 11 is 0. The third-order valence-corrected chi connectivity index (χ3v) is 4.07. The third-order valence-electron chi connectivity index (χ3n) is 4.07. The van der Waals surface area contributed by atoms with E-state index in [0.29, 0.717) is 24.4 Å². The van der Waals surface area contributed by atoms with Crippen LogP contribution in [0, 0.1) is 11.7 Å². The summed E-state index contributed by atoms with van der Waals surface area (Å²) in [5, 5.41) is 12.7. The van der Waals surface area contributed by atoms with Crippen LogP contribution < -0.4 is 5.32 Å². The van der Waals surface area contributed by atoms with E-state index in [4.69, 9.17) is 0 Å². The molecule has 3 nitrogen and oxygen atoms in total. The molecule has 1 aliphatic rings. The van der Waals surface area contributed by atoms with E-state index in [2.05, 4.69) is 12.2 Å². The van der Waals surface area contributed by atoms with E-state index in [9.17, 15) is 14.3 Å². The zero-order valence-corrected chi connectivity index (χ0v) is 11.2. The van der Waals surface area contributed by atoms with Crippen molar-refractivity contribution in [1.82, 2.24) is 0 Å². The maximum Gasteiger partial charge on any atom is 0.329 e. The number of halogens is 1. The summed E-state index contributed by atoms with van der Waals surface area (Å²) < 4.78 is 12.9. The Hall–Kier alpha value is -1.58. The van der Waals surface area contributed by atoms with Crippen LogP contribution in [0.1, 0.15) is 39.0 Å². The van der Waals surface area contributed by atoms with E-state index in [-0.39, 0.29) is 5.82 Å². The monoisotopic (exact) mass is 265 g/mol. The second-order valence-corrected chi connectivity index (χ2v) is 5.39. The topological polar surface area (TPSA) is 49.3 Å². The standard InChI is InChI=1S/C15H20FNO2/c1-2-11-4-3-9-15(10-11,14(18)19)17-13-7-5-12(16)6-8-13/h5-8,11,17H,2-4,9-10H2,1H3,(H,18,19). The minimum atomic E-state index is -0.906. The molecule has 0 bridgehead atoms. The highest BCUT2D eigenvalue weighted by Gasteiger charge is 2.42. The van der Waals surface area contributed by atoms with Crippen LogP contribution in [-0.2, 0) is 4.79 Å². The van der Waals surface area contributed by atoms with Crippen molar-refractivity contribution >= 4 is 11.7 Å². The van der Waals surface area contributed by atoms with E-state index >= 15 is 0 Å². The first-order valence-corrected chi connectivity index (χ1v) is 6.83. The molecular formula is C15H20FNO2. The Kier molecular flexibility index (Phi) is 4.08. The van der Waals surface area contributed by atoms with Crippen molar-refractivity contribution in [3.8, 4) is 0 Å². The van der Waals surface area contributed by atoms with Crippen molar-refractivity contribution in [3.05, 3.63) is 30.1 Å². The van der Waals surface area contributed by atoms with Crippen molar-refractivity contribution in [2.45, 2.75) is 44.6 Å². The summed E-state index contributed by atoms with van der Waals surface area (Å²) in [5.41, 5.74) is -0.239. The van der Waals surface area contributed by atoms with Crippen LogP contribution in [0.2, 0.25) is 0 Å². The van der Waals surface area contributed by atoms with E-state index in [1.54, 1.807) is 12.1 Å². The van der Waals surface area contributed by atoms with E-state index < -0.39 is 11.5 Å². The van der Waals surface area contributed by atoms with Crippen LogP contribution in [0.15, 0.2) is 24.3 Å². The zero-order chi connectivity index (χ0) is 13.9. The van der Waals surface area contributed by atoms with Crippen LogP contribution in [0.3, 0.4) is 0 Å². The van der Waals surface area contributed by atoms with Crippen molar-refractivity contribution in [2.24, 2.45) is 5.92 Å². The average Bonchev–Trinajstić information content (AvgIpc) is 2.41. The number of nitrogens with one attached hydrogen (secondary N) is 1. The Labute approximate surface area is 112 Å². The molecule has 1 aromatic rings. The molecule has 0 saturated heterocycles. The highest BCUT2D eigenvalue weighted by Crippen LogP contribution is 2.37. The molecule has 0 radical (unpaired) electrons. The smallest absolute Gasteiger partial charge is 0.329 e. The van der Waals surface area contributed by atoms with Crippen LogP contribution in [-0.4, -0.2) is 16.6 Å². The van der Waals surface area contributed by atoms with Gasteiger partial charge in [0.05, 0.1) is 0 Å². The summed E-state index contributed by atoms with van der Waals surface area (Å²) in [4.78, 5) is 11.7. The van der Waals surface area contributed by atoms with Crippen molar-refractivity contribution in [3.63, 3.8) is 0 Å². The molecule has 19 heavy (non-hydrogen) atoms. The largest absolute Gasteiger partial charge is 0.480 e. The lowest BCUT2D eigenvalue weighted by atomic mass is 9.74. The lowest BCUT2D eigenvalue weighted by Crippen LogP contribution is -2.49. The third kappa shape index (κ3) is 3.06. The molecule has 1 fully saturated rings.